The average molecular weight is 435 g/mol. The molecule has 0 aliphatic rings. The number of halogens is 2. The number of benzene rings is 2. The summed E-state index contributed by atoms with van der Waals surface area (Å²) < 4.78 is 39.0. The van der Waals surface area contributed by atoms with Crippen molar-refractivity contribution in [3.05, 3.63) is 53.6 Å². The number of alkyl halides is 2. The molecule has 0 aromatic heterocycles. The number of carbonyl (C=O) groups is 3. The zero-order valence-electron chi connectivity index (χ0n) is 17.3. The topological polar surface area (TPSA) is 90.9 Å². The van der Waals surface area contributed by atoms with E-state index in [1.165, 1.54) is 31.4 Å². The first-order valence-electron chi connectivity index (χ1n) is 9.42. The summed E-state index contributed by atoms with van der Waals surface area (Å²) in [6.45, 7) is 0.309. The highest BCUT2D eigenvalue weighted by Crippen LogP contribution is 2.29. The van der Waals surface area contributed by atoms with Crippen molar-refractivity contribution in [3.8, 4) is 11.5 Å². The van der Waals surface area contributed by atoms with Crippen molar-refractivity contribution in [2.75, 3.05) is 19.0 Å². The molecule has 0 radical (unpaired) electrons. The van der Waals surface area contributed by atoms with E-state index in [0.717, 1.165) is 6.07 Å². The maximum Gasteiger partial charge on any atom is 0.387 e. The second kappa shape index (κ2) is 11.1. The molecule has 31 heavy (non-hydrogen) atoms. The van der Waals surface area contributed by atoms with E-state index in [-0.39, 0.29) is 28.9 Å². The highest BCUT2D eigenvalue weighted by atomic mass is 19.3. The Labute approximate surface area is 178 Å². The van der Waals surface area contributed by atoms with Crippen LogP contribution in [0.15, 0.2) is 42.5 Å². The van der Waals surface area contributed by atoms with Gasteiger partial charge in [0, 0.05) is 17.7 Å². The molecule has 2 rings (SSSR count). The lowest BCUT2D eigenvalue weighted by Crippen LogP contribution is -2.15. The van der Waals surface area contributed by atoms with Crippen molar-refractivity contribution in [1.82, 2.24) is 0 Å². The molecule has 0 atom stereocenters. The summed E-state index contributed by atoms with van der Waals surface area (Å²) >= 11 is 0. The molecule has 0 fully saturated rings. The minimum atomic E-state index is -3.04. The van der Waals surface area contributed by atoms with E-state index in [9.17, 15) is 23.2 Å². The first-order chi connectivity index (χ1) is 14.7. The molecule has 1 N–H and O–H groups in total. The first kappa shape index (κ1) is 23.8. The van der Waals surface area contributed by atoms with Crippen molar-refractivity contribution >= 4 is 23.3 Å². The van der Waals surface area contributed by atoms with E-state index in [4.69, 9.17) is 9.47 Å². The van der Waals surface area contributed by atoms with Crippen LogP contribution < -0.4 is 14.8 Å². The number of anilines is 1. The van der Waals surface area contributed by atoms with Gasteiger partial charge in [-0.1, -0.05) is 13.8 Å². The Hall–Kier alpha value is -3.49. The highest BCUT2D eigenvalue weighted by Gasteiger charge is 2.17. The van der Waals surface area contributed by atoms with E-state index >= 15 is 0 Å². The SMILES string of the molecule is COc1cc(C(=O)OCC(=O)c2ccc(NC(=O)CC(C)C)cc2)ccc1OC(F)F. The van der Waals surface area contributed by atoms with Gasteiger partial charge in [0.05, 0.1) is 12.7 Å². The van der Waals surface area contributed by atoms with E-state index < -0.39 is 25.0 Å². The number of rotatable bonds is 10. The minimum absolute atomic E-state index is 0.00878. The summed E-state index contributed by atoms with van der Waals surface area (Å²) in [7, 11) is 1.24. The van der Waals surface area contributed by atoms with Gasteiger partial charge >= 0.3 is 12.6 Å². The molecule has 0 unspecified atom stereocenters. The van der Waals surface area contributed by atoms with Crippen molar-refractivity contribution in [3.63, 3.8) is 0 Å². The third kappa shape index (κ3) is 7.36. The van der Waals surface area contributed by atoms with Gasteiger partial charge < -0.3 is 19.5 Å². The van der Waals surface area contributed by atoms with Gasteiger partial charge in [0.25, 0.3) is 0 Å². The fourth-order valence-corrected chi connectivity index (χ4v) is 2.61. The molecule has 1 amide bonds. The number of Topliss-reactive ketones (excluding diaryl/α,β-unsaturated/α-hetero) is 1. The Morgan fingerprint density at radius 1 is 0.968 bits per heavy atom. The van der Waals surface area contributed by atoms with E-state index in [2.05, 4.69) is 10.1 Å². The quantitative estimate of drug-likeness (QED) is 0.442. The van der Waals surface area contributed by atoms with Gasteiger partial charge in [0.1, 0.15) is 0 Å². The van der Waals surface area contributed by atoms with Crippen LogP contribution >= 0.6 is 0 Å². The summed E-state index contributed by atoms with van der Waals surface area (Å²) in [6.07, 6.45) is 0.386. The number of nitrogens with one attached hydrogen (secondary N) is 1. The molecule has 0 spiro atoms. The van der Waals surface area contributed by atoms with Gasteiger partial charge in [0.15, 0.2) is 23.9 Å². The van der Waals surface area contributed by atoms with Crippen LogP contribution in [0, 0.1) is 5.92 Å². The van der Waals surface area contributed by atoms with Gasteiger partial charge in [-0.2, -0.15) is 8.78 Å². The summed E-state index contributed by atoms with van der Waals surface area (Å²) in [6, 6.07) is 9.75. The van der Waals surface area contributed by atoms with Crippen molar-refractivity contribution < 1.29 is 37.4 Å². The molecule has 0 aliphatic carbocycles. The van der Waals surface area contributed by atoms with E-state index in [1.54, 1.807) is 12.1 Å². The lowest BCUT2D eigenvalue weighted by atomic mass is 10.1. The molecular formula is C22H23F2NO6. The van der Waals surface area contributed by atoms with Crippen LogP contribution in [-0.2, 0) is 9.53 Å². The number of esters is 1. The predicted molar refractivity (Wildman–Crippen MR) is 109 cm³/mol. The fraction of sp³-hybridized carbons (Fsp3) is 0.318. The Morgan fingerprint density at radius 3 is 2.19 bits per heavy atom. The molecule has 9 heteroatoms. The largest absolute Gasteiger partial charge is 0.493 e. The maximum absolute atomic E-state index is 12.4. The number of ketones is 1. The first-order valence-corrected chi connectivity index (χ1v) is 9.42. The van der Waals surface area contributed by atoms with Crippen LogP contribution in [0.1, 0.15) is 41.0 Å². The van der Waals surface area contributed by atoms with Gasteiger partial charge in [-0.3, -0.25) is 9.59 Å². The molecule has 2 aromatic carbocycles. The van der Waals surface area contributed by atoms with Gasteiger partial charge in [-0.25, -0.2) is 4.79 Å². The predicted octanol–water partition coefficient (Wildman–Crippen LogP) is 4.32. The molecule has 0 saturated heterocycles. The van der Waals surface area contributed by atoms with Crippen LogP contribution in [0.4, 0.5) is 14.5 Å². The van der Waals surface area contributed by atoms with Crippen molar-refractivity contribution in [2.24, 2.45) is 5.92 Å². The maximum atomic E-state index is 12.4. The number of hydrogen-bond donors (Lipinski definition) is 1. The van der Waals surface area contributed by atoms with Gasteiger partial charge in [0.2, 0.25) is 5.91 Å². The van der Waals surface area contributed by atoms with Crippen molar-refractivity contribution in [2.45, 2.75) is 26.9 Å². The van der Waals surface area contributed by atoms with E-state index in [1.807, 2.05) is 13.8 Å². The monoisotopic (exact) mass is 435 g/mol. The normalized spacial score (nSPS) is 10.7. The summed E-state index contributed by atoms with van der Waals surface area (Å²) in [5.41, 5.74) is 0.861. The number of hydrogen-bond acceptors (Lipinski definition) is 6. The van der Waals surface area contributed by atoms with Crippen molar-refractivity contribution in [1.29, 1.82) is 0 Å². The summed E-state index contributed by atoms with van der Waals surface area (Å²) in [4.78, 5) is 36.2. The van der Waals surface area contributed by atoms with Crippen LogP contribution in [0.5, 0.6) is 11.5 Å². The zero-order chi connectivity index (χ0) is 23.0. The van der Waals surface area contributed by atoms with Crippen LogP contribution in [0.2, 0.25) is 0 Å². The van der Waals surface area contributed by atoms with Crippen LogP contribution in [0.25, 0.3) is 0 Å². The Morgan fingerprint density at radius 2 is 1.61 bits per heavy atom. The Kier molecular flexibility index (Phi) is 8.48. The third-order valence-electron chi connectivity index (χ3n) is 4.03. The van der Waals surface area contributed by atoms with Crippen LogP contribution in [-0.4, -0.2) is 38.0 Å². The molecule has 166 valence electrons. The Bertz CT molecular complexity index is 928. The van der Waals surface area contributed by atoms with Crippen LogP contribution in [0.3, 0.4) is 0 Å². The fourth-order valence-electron chi connectivity index (χ4n) is 2.61. The van der Waals surface area contributed by atoms with Gasteiger partial charge in [-0.05, 0) is 48.4 Å². The summed E-state index contributed by atoms with van der Waals surface area (Å²) in [5.74, 6) is -1.47. The molecule has 0 heterocycles. The number of ether oxygens (including phenoxy) is 3. The molecular weight excluding hydrogens is 412 g/mol. The smallest absolute Gasteiger partial charge is 0.387 e. The standard InChI is InChI=1S/C22H23F2NO6/c1-13(2)10-20(27)25-16-7-4-14(5-8-16)17(26)12-30-21(28)15-6-9-18(31-22(23)24)19(11-15)29-3/h4-9,11,13,22H,10,12H2,1-3H3,(H,25,27). The molecule has 2 aromatic rings. The number of amides is 1. The second-order valence-corrected chi connectivity index (χ2v) is 6.97. The van der Waals surface area contributed by atoms with E-state index in [0.29, 0.717) is 17.7 Å². The lowest BCUT2D eigenvalue weighted by Gasteiger charge is -2.11. The molecule has 0 aliphatic heterocycles. The Balaban J connectivity index is 1.94. The highest BCUT2D eigenvalue weighted by molar-refractivity contribution is 6.00. The third-order valence-corrected chi connectivity index (χ3v) is 4.03. The lowest BCUT2D eigenvalue weighted by molar-refractivity contribution is -0.116. The zero-order valence-corrected chi connectivity index (χ0v) is 17.3. The average Bonchev–Trinajstić information content (AvgIpc) is 2.71. The summed E-state index contributed by atoms with van der Waals surface area (Å²) in [5, 5.41) is 2.73. The van der Waals surface area contributed by atoms with Gasteiger partial charge in [-0.15, -0.1) is 0 Å². The second-order valence-electron chi connectivity index (χ2n) is 6.97. The molecule has 7 nitrogen and oxygen atoms in total. The number of methoxy groups -OCH3 is 1. The molecule has 0 saturated carbocycles. The number of carbonyl (C=O) groups excluding carboxylic acids is 3. The molecule has 0 bridgehead atoms. The minimum Gasteiger partial charge on any atom is -0.493 e.